The van der Waals surface area contributed by atoms with Crippen LogP contribution < -0.4 is 10.6 Å². The van der Waals surface area contributed by atoms with Crippen molar-refractivity contribution in [2.45, 2.75) is 40.7 Å². The molecule has 6 heteroatoms. The maximum atomic E-state index is 12.4. The van der Waals surface area contributed by atoms with E-state index in [1.807, 2.05) is 39.8 Å². The van der Waals surface area contributed by atoms with Crippen molar-refractivity contribution >= 4 is 11.8 Å². The van der Waals surface area contributed by atoms with Gasteiger partial charge in [-0.15, -0.1) is 0 Å². The lowest BCUT2D eigenvalue weighted by atomic mass is 9.99. The molecule has 0 spiro atoms. The quantitative estimate of drug-likeness (QED) is 0.721. The molecule has 1 atom stereocenters. The molecular weight excluding hydrogens is 316 g/mol. The molecule has 0 aliphatic heterocycles. The maximum absolute atomic E-state index is 12.4. The summed E-state index contributed by atoms with van der Waals surface area (Å²) in [5.74, 6) is -0.264. The average molecular weight is 342 g/mol. The van der Waals surface area contributed by atoms with Crippen LogP contribution >= 0.6 is 0 Å². The third-order valence-corrected chi connectivity index (χ3v) is 4.23. The van der Waals surface area contributed by atoms with Crippen LogP contribution in [0.3, 0.4) is 0 Å². The van der Waals surface area contributed by atoms with Crippen LogP contribution in [0.5, 0.6) is 0 Å². The van der Waals surface area contributed by atoms with Crippen molar-refractivity contribution in [3.8, 4) is 0 Å². The Morgan fingerprint density at radius 2 is 2.00 bits per heavy atom. The van der Waals surface area contributed by atoms with Crippen LogP contribution in [0.2, 0.25) is 0 Å². The number of hydrogen-bond acceptors (Lipinski definition) is 3. The van der Waals surface area contributed by atoms with Gasteiger partial charge in [0.2, 0.25) is 5.91 Å². The van der Waals surface area contributed by atoms with Crippen LogP contribution in [0.15, 0.2) is 24.3 Å². The van der Waals surface area contributed by atoms with E-state index in [-0.39, 0.29) is 17.7 Å². The molecule has 1 aromatic heterocycles. The van der Waals surface area contributed by atoms with E-state index in [4.69, 9.17) is 0 Å². The summed E-state index contributed by atoms with van der Waals surface area (Å²) in [6, 6.07) is 7.30. The summed E-state index contributed by atoms with van der Waals surface area (Å²) >= 11 is 0. The third kappa shape index (κ3) is 4.92. The molecule has 6 nitrogen and oxygen atoms in total. The van der Waals surface area contributed by atoms with E-state index in [2.05, 4.69) is 20.8 Å². The number of amides is 2. The number of carbonyl (C=O) groups excluding carboxylic acids is 2. The molecule has 1 heterocycles. The number of nitrogens with zero attached hydrogens (tertiary/aromatic N) is 1. The first-order chi connectivity index (χ1) is 11.9. The number of carbonyl (C=O) groups is 2. The van der Waals surface area contributed by atoms with E-state index < -0.39 is 0 Å². The van der Waals surface area contributed by atoms with Crippen LogP contribution in [-0.4, -0.2) is 28.6 Å². The number of hydrogen-bond donors (Lipinski definition) is 3. The Hall–Kier alpha value is -2.63. The first kappa shape index (κ1) is 18.7. The first-order valence-electron chi connectivity index (χ1n) is 8.57. The Balaban J connectivity index is 1.93. The molecule has 1 aromatic carbocycles. The van der Waals surface area contributed by atoms with Gasteiger partial charge in [0.1, 0.15) is 0 Å². The molecule has 0 saturated heterocycles. The van der Waals surface area contributed by atoms with E-state index in [9.17, 15) is 9.59 Å². The molecule has 0 bridgehead atoms. The summed E-state index contributed by atoms with van der Waals surface area (Å²) in [4.78, 5) is 24.2. The summed E-state index contributed by atoms with van der Waals surface area (Å²) in [5, 5.41) is 12.8. The van der Waals surface area contributed by atoms with Crippen molar-refractivity contribution in [1.29, 1.82) is 0 Å². The highest BCUT2D eigenvalue weighted by Crippen LogP contribution is 2.15. The number of H-pyrrole nitrogens is 1. The molecule has 2 amide bonds. The van der Waals surface area contributed by atoms with E-state index in [1.165, 1.54) is 0 Å². The number of rotatable bonds is 7. The van der Waals surface area contributed by atoms with Crippen molar-refractivity contribution in [2.75, 3.05) is 6.54 Å². The predicted molar refractivity (Wildman–Crippen MR) is 97.2 cm³/mol. The van der Waals surface area contributed by atoms with E-state index in [1.54, 1.807) is 12.1 Å². The monoisotopic (exact) mass is 342 g/mol. The summed E-state index contributed by atoms with van der Waals surface area (Å²) in [5.41, 5.74) is 4.55. The first-order valence-corrected chi connectivity index (χ1v) is 8.57. The normalized spacial score (nSPS) is 11.8. The average Bonchev–Trinajstić information content (AvgIpc) is 2.92. The number of benzene rings is 1. The van der Waals surface area contributed by atoms with Crippen molar-refractivity contribution in [2.24, 2.45) is 5.92 Å². The second-order valence-electron chi connectivity index (χ2n) is 6.30. The van der Waals surface area contributed by atoms with Gasteiger partial charge in [-0.1, -0.05) is 19.1 Å². The molecular formula is C19H26N4O2. The van der Waals surface area contributed by atoms with Gasteiger partial charge in [0, 0.05) is 30.3 Å². The predicted octanol–water partition coefficient (Wildman–Crippen LogP) is 2.27. The Bertz CT molecular complexity index is 732. The van der Waals surface area contributed by atoms with Crippen LogP contribution in [0, 0.1) is 19.8 Å². The fourth-order valence-electron chi connectivity index (χ4n) is 2.72. The van der Waals surface area contributed by atoms with Gasteiger partial charge < -0.3 is 10.6 Å². The molecule has 0 unspecified atom stereocenters. The largest absolute Gasteiger partial charge is 0.352 e. The Morgan fingerprint density at radius 3 is 2.64 bits per heavy atom. The molecule has 2 rings (SSSR count). The van der Waals surface area contributed by atoms with Crippen LogP contribution in [0.4, 0.5) is 0 Å². The second-order valence-corrected chi connectivity index (χ2v) is 6.30. The fourth-order valence-corrected chi connectivity index (χ4v) is 2.72. The molecule has 0 fully saturated rings. The molecule has 3 N–H and O–H groups in total. The van der Waals surface area contributed by atoms with Gasteiger partial charge in [-0.3, -0.25) is 14.7 Å². The zero-order valence-electron chi connectivity index (χ0n) is 15.3. The van der Waals surface area contributed by atoms with Crippen molar-refractivity contribution in [3.63, 3.8) is 0 Å². The highest BCUT2D eigenvalue weighted by molar-refractivity contribution is 5.94. The van der Waals surface area contributed by atoms with Gasteiger partial charge in [-0.25, -0.2) is 0 Å². The Labute approximate surface area is 148 Å². The van der Waals surface area contributed by atoms with Crippen molar-refractivity contribution < 1.29 is 9.59 Å². The van der Waals surface area contributed by atoms with E-state index >= 15 is 0 Å². The lowest BCUT2D eigenvalue weighted by Crippen LogP contribution is -2.30. The number of aromatic amines is 1. The Morgan fingerprint density at radius 1 is 1.24 bits per heavy atom. The summed E-state index contributed by atoms with van der Waals surface area (Å²) in [6.07, 6.45) is 0.652. The highest BCUT2D eigenvalue weighted by atomic mass is 16.2. The minimum Gasteiger partial charge on any atom is -0.352 e. The number of aromatic nitrogens is 2. The van der Waals surface area contributed by atoms with E-state index in [0.717, 1.165) is 22.5 Å². The summed E-state index contributed by atoms with van der Waals surface area (Å²) in [6.45, 7) is 8.69. The van der Waals surface area contributed by atoms with Gasteiger partial charge in [0.15, 0.2) is 0 Å². The van der Waals surface area contributed by atoms with Gasteiger partial charge in [0.05, 0.1) is 5.69 Å². The van der Waals surface area contributed by atoms with Gasteiger partial charge in [-0.2, -0.15) is 5.10 Å². The molecule has 0 radical (unpaired) electrons. The van der Waals surface area contributed by atoms with E-state index in [0.29, 0.717) is 25.1 Å². The molecule has 0 saturated carbocycles. The minimum atomic E-state index is -0.151. The topological polar surface area (TPSA) is 86.9 Å². The zero-order valence-corrected chi connectivity index (χ0v) is 15.3. The molecule has 0 aliphatic rings. The number of nitrogens with one attached hydrogen (secondary N) is 3. The lowest BCUT2D eigenvalue weighted by Gasteiger charge is -2.13. The lowest BCUT2D eigenvalue weighted by molar-refractivity contribution is -0.124. The van der Waals surface area contributed by atoms with Gasteiger partial charge >= 0.3 is 0 Å². The van der Waals surface area contributed by atoms with Gasteiger partial charge in [-0.05, 0) is 50.5 Å². The van der Waals surface area contributed by atoms with Crippen LogP contribution in [0.1, 0.15) is 46.7 Å². The zero-order chi connectivity index (χ0) is 18.4. The molecule has 134 valence electrons. The fraction of sp³-hybridized carbons (Fsp3) is 0.421. The molecule has 0 aliphatic carbocycles. The molecule has 2 aromatic rings. The van der Waals surface area contributed by atoms with Crippen molar-refractivity contribution in [1.82, 2.24) is 20.8 Å². The molecule has 25 heavy (non-hydrogen) atoms. The summed E-state index contributed by atoms with van der Waals surface area (Å²) in [7, 11) is 0. The number of aryl methyl sites for hydroxylation is 2. The highest BCUT2D eigenvalue weighted by Gasteiger charge is 2.17. The summed E-state index contributed by atoms with van der Waals surface area (Å²) < 4.78 is 0. The van der Waals surface area contributed by atoms with Crippen LogP contribution in [-0.2, 0) is 17.8 Å². The van der Waals surface area contributed by atoms with Crippen LogP contribution in [0.25, 0.3) is 0 Å². The minimum absolute atomic E-state index is 0.0107. The Kier molecular flexibility index (Phi) is 6.33. The smallest absolute Gasteiger partial charge is 0.251 e. The van der Waals surface area contributed by atoms with Gasteiger partial charge in [0.25, 0.3) is 5.91 Å². The third-order valence-electron chi connectivity index (χ3n) is 4.23. The maximum Gasteiger partial charge on any atom is 0.251 e. The van der Waals surface area contributed by atoms with Crippen molar-refractivity contribution in [3.05, 3.63) is 52.3 Å². The SMILES string of the molecule is CCNC(=O)c1cccc(CNC(=O)[C@@H](C)Cc2c(C)n[nH]c2C)c1. The standard InChI is InChI=1S/C19H26N4O2/c1-5-20-19(25)16-8-6-7-15(10-16)11-21-18(24)12(2)9-17-13(3)22-23-14(17)4/h6-8,10,12H,5,9,11H2,1-4H3,(H,20,25)(H,21,24)(H,22,23)/t12-/m0/s1. The second kappa shape index (κ2) is 8.46.